The van der Waals surface area contributed by atoms with Gasteiger partial charge in [0.2, 0.25) is 0 Å². The number of quaternary nitrogens is 1. The molecule has 0 spiro atoms. The number of rotatable bonds is 6. The van der Waals surface area contributed by atoms with Crippen molar-refractivity contribution in [2.45, 2.75) is 45.3 Å². The Hall–Kier alpha value is -0.940. The van der Waals surface area contributed by atoms with Gasteiger partial charge in [-0.25, -0.2) is 0 Å². The van der Waals surface area contributed by atoms with Gasteiger partial charge in [0.05, 0.1) is 20.6 Å². The number of ketones is 1. The van der Waals surface area contributed by atoms with Gasteiger partial charge in [0.1, 0.15) is 5.54 Å². The lowest BCUT2D eigenvalue weighted by atomic mass is 9.75. The third-order valence-electron chi connectivity index (χ3n) is 4.30. The predicted molar refractivity (Wildman–Crippen MR) is 62.0 cm³/mol. The van der Waals surface area contributed by atoms with E-state index in [-0.39, 0.29) is 0 Å². The molecule has 0 aromatic carbocycles. The van der Waals surface area contributed by atoms with E-state index in [0.717, 1.165) is 0 Å². The summed E-state index contributed by atoms with van der Waals surface area (Å²) in [4.78, 5) is 22.4. The van der Waals surface area contributed by atoms with Crippen molar-refractivity contribution in [2.24, 2.45) is 0 Å². The average molecular weight is 245 g/mol. The number of aliphatic carboxylic acids is 1. The first-order valence-corrected chi connectivity index (χ1v) is 5.68. The van der Waals surface area contributed by atoms with E-state index in [9.17, 15) is 19.8 Å². The number of carbonyl (C=O) groups excluding carboxylic acids is 2. The Morgan fingerprint density at radius 2 is 1.71 bits per heavy atom. The van der Waals surface area contributed by atoms with Gasteiger partial charge in [0.15, 0.2) is 11.4 Å². The zero-order valence-electron chi connectivity index (χ0n) is 11.5. The lowest BCUT2D eigenvalue weighted by molar-refractivity contribution is -0.942. The molecule has 0 aromatic heterocycles. The summed E-state index contributed by atoms with van der Waals surface area (Å²) in [5.74, 6) is -1.97. The van der Waals surface area contributed by atoms with Crippen LogP contribution in [0.25, 0.3) is 0 Å². The molecule has 5 nitrogen and oxygen atoms in total. The number of aliphatic hydroxyl groups is 1. The molecule has 0 aromatic rings. The first-order valence-electron chi connectivity index (χ1n) is 5.68. The van der Waals surface area contributed by atoms with E-state index in [1.165, 1.54) is 6.92 Å². The maximum Gasteiger partial charge on any atom is 0.182 e. The third-order valence-corrected chi connectivity index (χ3v) is 4.30. The summed E-state index contributed by atoms with van der Waals surface area (Å²) in [5.41, 5.74) is -2.85. The van der Waals surface area contributed by atoms with Crippen LogP contribution in [0.4, 0.5) is 0 Å². The van der Waals surface area contributed by atoms with E-state index in [2.05, 4.69) is 0 Å². The molecule has 0 amide bonds. The number of carboxylic acids is 1. The quantitative estimate of drug-likeness (QED) is 0.629. The highest BCUT2D eigenvalue weighted by atomic mass is 16.4. The second kappa shape index (κ2) is 4.74. The van der Waals surface area contributed by atoms with Crippen molar-refractivity contribution < 1.29 is 24.3 Å². The van der Waals surface area contributed by atoms with Crippen LogP contribution in [0.2, 0.25) is 0 Å². The molecule has 0 fully saturated rings. The predicted octanol–water partition coefficient (Wildman–Crippen LogP) is -0.679. The lowest BCUT2D eigenvalue weighted by Gasteiger charge is -2.51. The highest BCUT2D eigenvalue weighted by molar-refractivity contribution is 5.90. The second-order valence-corrected chi connectivity index (χ2v) is 5.53. The summed E-state index contributed by atoms with van der Waals surface area (Å²) in [6, 6.07) is 0. The molecule has 100 valence electrons. The fourth-order valence-corrected chi connectivity index (χ4v) is 1.88. The SMILES string of the molecule is CC[N+](C)(C)C(C)(C)C(O)(CC(=O)[O-])C(C)=O. The first-order chi connectivity index (χ1) is 7.42. The molecule has 0 aliphatic carbocycles. The van der Waals surface area contributed by atoms with Crippen molar-refractivity contribution in [1.29, 1.82) is 0 Å². The Labute approximate surface area is 103 Å². The molecule has 0 aliphatic heterocycles. The molecule has 0 rings (SSSR count). The van der Waals surface area contributed by atoms with E-state index in [4.69, 9.17) is 0 Å². The molecule has 5 heteroatoms. The van der Waals surface area contributed by atoms with Crippen LogP contribution in [0.15, 0.2) is 0 Å². The van der Waals surface area contributed by atoms with Gasteiger partial charge in [-0.2, -0.15) is 0 Å². The van der Waals surface area contributed by atoms with E-state index >= 15 is 0 Å². The van der Waals surface area contributed by atoms with Crippen molar-refractivity contribution in [3.8, 4) is 0 Å². The number of carboxylic acid groups (broad SMARTS) is 1. The van der Waals surface area contributed by atoms with E-state index < -0.39 is 29.3 Å². The smallest absolute Gasteiger partial charge is 0.182 e. The van der Waals surface area contributed by atoms with Gasteiger partial charge in [-0.05, 0) is 27.7 Å². The summed E-state index contributed by atoms with van der Waals surface area (Å²) in [6.45, 7) is 7.18. The van der Waals surface area contributed by atoms with Crippen LogP contribution in [-0.4, -0.2) is 53.1 Å². The number of Topliss-reactive ketones (excluding diaryl/α,β-unsaturated/α-hetero) is 1. The first kappa shape index (κ1) is 16.1. The summed E-state index contributed by atoms with van der Waals surface area (Å²) in [7, 11) is 3.70. The van der Waals surface area contributed by atoms with Crippen molar-refractivity contribution in [1.82, 2.24) is 0 Å². The Kier molecular flexibility index (Phi) is 4.48. The Morgan fingerprint density at radius 1 is 1.29 bits per heavy atom. The number of nitrogens with zero attached hydrogens (tertiary/aromatic N) is 1. The highest BCUT2D eigenvalue weighted by Gasteiger charge is 2.56. The molecule has 0 saturated heterocycles. The van der Waals surface area contributed by atoms with Crippen LogP contribution in [0.5, 0.6) is 0 Å². The highest BCUT2D eigenvalue weighted by Crippen LogP contribution is 2.35. The van der Waals surface area contributed by atoms with Gasteiger partial charge in [0.25, 0.3) is 0 Å². The molecule has 17 heavy (non-hydrogen) atoms. The fraction of sp³-hybridized carbons (Fsp3) is 0.833. The van der Waals surface area contributed by atoms with Crippen molar-refractivity contribution >= 4 is 11.8 Å². The Bertz CT molecular complexity index is 322. The topological polar surface area (TPSA) is 77.4 Å². The van der Waals surface area contributed by atoms with Crippen LogP contribution in [0.3, 0.4) is 0 Å². The van der Waals surface area contributed by atoms with Crippen LogP contribution in [-0.2, 0) is 9.59 Å². The molecular formula is C12H23NO4. The van der Waals surface area contributed by atoms with E-state index in [1.54, 1.807) is 13.8 Å². The molecule has 0 heterocycles. The minimum Gasteiger partial charge on any atom is -0.550 e. The number of hydrogen-bond donors (Lipinski definition) is 1. The van der Waals surface area contributed by atoms with Crippen molar-refractivity contribution in [3.63, 3.8) is 0 Å². The maximum atomic E-state index is 11.7. The maximum absolute atomic E-state index is 11.7. The summed E-state index contributed by atoms with van der Waals surface area (Å²) in [6.07, 6.45) is -0.684. The minimum absolute atomic E-state index is 0.330. The molecule has 1 N–H and O–H groups in total. The van der Waals surface area contributed by atoms with Gasteiger partial charge in [-0.1, -0.05) is 0 Å². The molecule has 1 unspecified atom stereocenters. The molecule has 0 saturated carbocycles. The molecule has 0 aliphatic rings. The second-order valence-electron chi connectivity index (χ2n) is 5.53. The lowest BCUT2D eigenvalue weighted by Crippen LogP contribution is -2.71. The Morgan fingerprint density at radius 3 is 1.94 bits per heavy atom. The van der Waals surface area contributed by atoms with Gasteiger partial charge in [0, 0.05) is 12.4 Å². The summed E-state index contributed by atoms with van der Waals surface area (Å²) in [5, 5.41) is 21.2. The van der Waals surface area contributed by atoms with Gasteiger partial charge < -0.3 is 19.5 Å². The number of hydrogen-bond acceptors (Lipinski definition) is 4. The van der Waals surface area contributed by atoms with Crippen molar-refractivity contribution in [3.05, 3.63) is 0 Å². The average Bonchev–Trinajstić information content (AvgIpc) is 2.15. The van der Waals surface area contributed by atoms with Crippen LogP contribution >= 0.6 is 0 Å². The van der Waals surface area contributed by atoms with Gasteiger partial charge in [-0.3, -0.25) is 4.79 Å². The molecule has 1 atom stereocenters. The molecular weight excluding hydrogens is 222 g/mol. The van der Waals surface area contributed by atoms with Crippen LogP contribution in [0, 0.1) is 0 Å². The standard InChI is InChI=1S/C12H23NO4/c1-7-13(5,6)11(3,4)12(17,9(2)14)8-10(15)16/h17H,7-8H2,1-6H3. The van der Waals surface area contributed by atoms with Gasteiger partial charge >= 0.3 is 0 Å². The van der Waals surface area contributed by atoms with Gasteiger partial charge in [-0.15, -0.1) is 0 Å². The van der Waals surface area contributed by atoms with E-state index in [1.807, 2.05) is 21.0 Å². The summed E-state index contributed by atoms with van der Waals surface area (Å²) >= 11 is 0. The zero-order chi connectivity index (χ0) is 14.1. The Balaban J connectivity index is 5.62. The zero-order valence-corrected chi connectivity index (χ0v) is 11.5. The number of carbonyl (C=O) groups is 2. The summed E-state index contributed by atoms with van der Waals surface area (Å²) < 4.78 is 0.330. The number of likely N-dealkylation sites (N-methyl/N-ethyl adjacent to an activating group) is 1. The van der Waals surface area contributed by atoms with Crippen LogP contribution in [0.1, 0.15) is 34.1 Å². The minimum atomic E-state index is -1.93. The largest absolute Gasteiger partial charge is 0.550 e. The normalized spacial score (nSPS) is 16.4. The third kappa shape index (κ3) is 2.66. The van der Waals surface area contributed by atoms with Crippen LogP contribution < -0.4 is 5.11 Å². The molecule has 0 bridgehead atoms. The molecule has 0 radical (unpaired) electrons. The monoisotopic (exact) mass is 245 g/mol. The van der Waals surface area contributed by atoms with Crippen molar-refractivity contribution in [2.75, 3.05) is 20.6 Å². The van der Waals surface area contributed by atoms with E-state index in [0.29, 0.717) is 11.0 Å². The fourth-order valence-electron chi connectivity index (χ4n) is 1.88.